The molecule has 0 atom stereocenters. The van der Waals surface area contributed by atoms with Crippen LogP contribution >= 0.6 is 11.6 Å². The van der Waals surface area contributed by atoms with Crippen molar-refractivity contribution in [2.24, 2.45) is 5.84 Å². The molecule has 4 N–H and O–H groups in total. The Labute approximate surface area is 115 Å². The van der Waals surface area contributed by atoms with Crippen molar-refractivity contribution in [2.75, 3.05) is 10.7 Å². The van der Waals surface area contributed by atoms with E-state index in [1.165, 1.54) is 0 Å². The number of aryl methyl sites for hydroxylation is 1. The van der Waals surface area contributed by atoms with E-state index in [1.807, 2.05) is 6.92 Å². The summed E-state index contributed by atoms with van der Waals surface area (Å²) in [7, 11) is 0. The van der Waals surface area contributed by atoms with Gasteiger partial charge in [0.1, 0.15) is 11.5 Å². The number of carbonyl (C=O) groups is 1. The first-order valence-corrected chi connectivity index (χ1v) is 5.84. The molecule has 7 heteroatoms. The molecule has 2 aromatic rings. The quantitative estimate of drug-likeness (QED) is 0.589. The summed E-state index contributed by atoms with van der Waals surface area (Å²) in [4.78, 5) is 20.1. The second-order valence-corrected chi connectivity index (χ2v) is 4.22. The predicted octanol–water partition coefficient (Wildman–Crippen LogP) is 1.98. The van der Waals surface area contributed by atoms with E-state index in [9.17, 15) is 4.79 Å². The van der Waals surface area contributed by atoms with E-state index in [2.05, 4.69) is 20.7 Å². The largest absolute Gasteiger partial charge is 0.320 e. The maximum absolute atomic E-state index is 12.1. The minimum atomic E-state index is -0.406. The molecule has 2 rings (SSSR count). The highest BCUT2D eigenvalue weighted by molar-refractivity contribution is 6.34. The molecular formula is C12H12ClN5O. The molecular weight excluding hydrogens is 266 g/mol. The van der Waals surface area contributed by atoms with Gasteiger partial charge in [-0.3, -0.25) is 9.78 Å². The monoisotopic (exact) mass is 277 g/mol. The van der Waals surface area contributed by atoms with Crippen molar-refractivity contribution in [3.05, 3.63) is 46.9 Å². The number of aromatic nitrogens is 2. The third-order valence-electron chi connectivity index (χ3n) is 2.48. The van der Waals surface area contributed by atoms with Crippen molar-refractivity contribution in [3.63, 3.8) is 0 Å². The Morgan fingerprint density at radius 1 is 1.37 bits per heavy atom. The van der Waals surface area contributed by atoms with E-state index in [1.54, 1.807) is 30.6 Å². The molecule has 0 bridgehead atoms. The zero-order valence-electron chi connectivity index (χ0n) is 10.1. The van der Waals surface area contributed by atoms with Crippen molar-refractivity contribution in [2.45, 2.75) is 6.92 Å². The van der Waals surface area contributed by atoms with Crippen LogP contribution in [0.2, 0.25) is 5.02 Å². The number of amides is 1. The van der Waals surface area contributed by atoms with Crippen molar-refractivity contribution in [1.82, 2.24) is 9.97 Å². The van der Waals surface area contributed by atoms with Crippen LogP contribution in [0.15, 0.2) is 30.6 Å². The molecule has 0 aromatic carbocycles. The number of hydrazine groups is 1. The van der Waals surface area contributed by atoms with Crippen LogP contribution in [0.25, 0.3) is 0 Å². The summed E-state index contributed by atoms with van der Waals surface area (Å²) in [6.45, 7) is 1.84. The summed E-state index contributed by atoms with van der Waals surface area (Å²) in [5.74, 6) is 5.21. The van der Waals surface area contributed by atoms with Crippen LogP contribution < -0.4 is 16.6 Å². The summed E-state index contributed by atoms with van der Waals surface area (Å²) < 4.78 is 0. The van der Waals surface area contributed by atoms with Crippen molar-refractivity contribution >= 4 is 29.0 Å². The second kappa shape index (κ2) is 5.64. The van der Waals surface area contributed by atoms with Crippen LogP contribution in [0.4, 0.5) is 11.5 Å². The number of anilines is 2. The summed E-state index contributed by atoms with van der Waals surface area (Å²) in [6, 6.07) is 4.83. The topological polar surface area (TPSA) is 92.9 Å². The Bertz CT molecular complexity index is 617. The molecule has 0 unspecified atom stereocenters. The summed E-state index contributed by atoms with van der Waals surface area (Å²) >= 11 is 5.95. The average molecular weight is 278 g/mol. The molecule has 0 spiro atoms. The fourth-order valence-electron chi connectivity index (χ4n) is 1.48. The van der Waals surface area contributed by atoms with Crippen LogP contribution in [-0.2, 0) is 0 Å². The maximum atomic E-state index is 12.1. The molecule has 0 saturated carbocycles. The Morgan fingerprint density at radius 3 is 2.84 bits per heavy atom. The normalized spacial score (nSPS) is 10.1. The molecule has 0 saturated heterocycles. The Kier molecular flexibility index (Phi) is 3.94. The molecule has 0 aliphatic rings. The molecule has 1 amide bonds. The number of carbonyl (C=O) groups excluding carboxylic acids is 1. The minimum absolute atomic E-state index is 0.105. The van der Waals surface area contributed by atoms with Gasteiger partial charge >= 0.3 is 0 Å². The molecule has 98 valence electrons. The average Bonchev–Trinajstić information content (AvgIpc) is 2.42. The van der Waals surface area contributed by atoms with Gasteiger partial charge in [0, 0.05) is 18.1 Å². The summed E-state index contributed by atoms with van der Waals surface area (Å²) in [5.41, 5.74) is 3.97. The van der Waals surface area contributed by atoms with Gasteiger partial charge in [-0.25, -0.2) is 10.8 Å². The molecule has 0 radical (unpaired) electrons. The van der Waals surface area contributed by atoms with Gasteiger partial charge < -0.3 is 10.7 Å². The van der Waals surface area contributed by atoms with Gasteiger partial charge in [-0.2, -0.15) is 0 Å². The van der Waals surface area contributed by atoms with Gasteiger partial charge in [0.05, 0.1) is 5.02 Å². The van der Waals surface area contributed by atoms with Gasteiger partial charge in [0.15, 0.2) is 0 Å². The fourth-order valence-corrected chi connectivity index (χ4v) is 1.67. The van der Waals surface area contributed by atoms with Gasteiger partial charge in [-0.1, -0.05) is 11.6 Å². The third-order valence-corrected chi connectivity index (χ3v) is 2.78. The van der Waals surface area contributed by atoms with E-state index < -0.39 is 5.91 Å². The lowest BCUT2D eigenvalue weighted by Crippen LogP contribution is -2.17. The lowest BCUT2D eigenvalue weighted by molar-refractivity contribution is 0.102. The van der Waals surface area contributed by atoms with Crippen LogP contribution in [0.3, 0.4) is 0 Å². The molecule has 19 heavy (non-hydrogen) atoms. The number of nitrogens with one attached hydrogen (secondary N) is 2. The number of pyridine rings is 2. The van der Waals surface area contributed by atoms with E-state index in [-0.39, 0.29) is 10.7 Å². The highest BCUT2D eigenvalue weighted by Gasteiger charge is 2.14. The molecule has 0 fully saturated rings. The Hall–Kier alpha value is -2.18. The first kappa shape index (κ1) is 13.3. The molecule has 2 aromatic heterocycles. The first-order chi connectivity index (χ1) is 9.11. The smallest absolute Gasteiger partial charge is 0.275 e. The molecule has 0 aliphatic heterocycles. The summed E-state index contributed by atoms with van der Waals surface area (Å²) in [6.07, 6.45) is 3.25. The standard InChI is InChI=1S/C12H12ClN5O/c1-7-6-15-5-4-9(7)16-12(19)11-8(13)2-3-10(17-11)18-14/h2-6H,14H2,1H3,(H,17,18)(H,15,16,19). The lowest BCUT2D eigenvalue weighted by Gasteiger charge is -2.09. The number of nitrogen functional groups attached to an aromatic ring is 1. The molecule has 2 heterocycles. The zero-order chi connectivity index (χ0) is 13.8. The fraction of sp³-hybridized carbons (Fsp3) is 0.0833. The van der Waals surface area contributed by atoms with E-state index in [4.69, 9.17) is 17.4 Å². The molecule has 0 aliphatic carbocycles. The second-order valence-electron chi connectivity index (χ2n) is 3.82. The first-order valence-electron chi connectivity index (χ1n) is 5.47. The van der Waals surface area contributed by atoms with E-state index in [0.29, 0.717) is 11.5 Å². The number of halogens is 1. The van der Waals surface area contributed by atoms with Crippen LogP contribution in [0.1, 0.15) is 16.1 Å². The van der Waals surface area contributed by atoms with E-state index in [0.717, 1.165) is 5.56 Å². The minimum Gasteiger partial charge on any atom is -0.320 e. The Balaban J connectivity index is 2.28. The van der Waals surface area contributed by atoms with Crippen molar-refractivity contribution < 1.29 is 4.79 Å². The van der Waals surface area contributed by atoms with Crippen LogP contribution in [0.5, 0.6) is 0 Å². The van der Waals surface area contributed by atoms with Gasteiger partial charge in [0.2, 0.25) is 0 Å². The van der Waals surface area contributed by atoms with Gasteiger partial charge in [0.25, 0.3) is 5.91 Å². The Morgan fingerprint density at radius 2 is 2.16 bits per heavy atom. The number of nitrogens with two attached hydrogens (primary N) is 1. The number of hydrogen-bond acceptors (Lipinski definition) is 5. The van der Waals surface area contributed by atoms with Gasteiger partial charge in [-0.15, -0.1) is 0 Å². The zero-order valence-corrected chi connectivity index (χ0v) is 10.9. The lowest BCUT2D eigenvalue weighted by atomic mass is 10.2. The predicted molar refractivity (Wildman–Crippen MR) is 74.0 cm³/mol. The van der Waals surface area contributed by atoms with Crippen molar-refractivity contribution in [3.8, 4) is 0 Å². The van der Waals surface area contributed by atoms with Crippen molar-refractivity contribution in [1.29, 1.82) is 0 Å². The number of hydrogen-bond donors (Lipinski definition) is 3. The highest BCUT2D eigenvalue weighted by atomic mass is 35.5. The molecule has 6 nitrogen and oxygen atoms in total. The number of rotatable bonds is 3. The van der Waals surface area contributed by atoms with Crippen LogP contribution in [0, 0.1) is 6.92 Å². The number of nitrogens with zero attached hydrogens (tertiary/aromatic N) is 2. The highest BCUT2D eigenvalue weighted by Crippen LogP contribution is 2.19. The summed E-state index contributed by atoms with van der Waals surface area (Å²) in [5, 5.41) is 2.98. The van der Waals surface area contributed by atoms with Gasteiger partial charge in [-0.05, 0) is 30.7 Å². The van der Waals surface area contributed by atoms with Crippen LogP contribution in [-0.4, -0.2) is 15.9 Å². The maximum Gasteiger partial charge on any atom is 0.275 e. The van der Waals surface area contributed by atoms with E-state index >= 15 is 0 Å². The SMILES string of the molecule is Cc1cnccc1NC(=O)c1nc(NN)ccc1Cl. The third kappa shape index (κ3) is 2.98.